The third-order valence-corrected chi connectivity index (χ3v) is 10.4. The van der Waals surface area contributed by atoms with E-state index in [1.807, 2.05) is 0 Å². The van der Waals surface area contributed by atoms with Crippen LogP contribution in [0.4, 0.5) is 0 Å². The van der Waals surface area contributed by atoms with Crippen LogP contribution in [0.3, 0.4) is 0 Å². The Hall–Kier alpha value is 0.274. The van der Waals surface area contributed by atoms with E-state index in [-0.39, 0.29) is 12.2 Å². The van der Waals surface area contributed by atoms with Crippen molar-refractivity contribution >= 4 is 16.6 Å². The molecule has 6 heteroatoms. The molecule has 140 valence electrons. The lowest BCUT2D eigenvalue weighted by atomic mass is 9.88. The second kappa shape index (κ2) is 10.3. The molecule has 4 nitrogen and oxygen atoms in total. The molecule has 0 aromatic rings. The summed E-state index contributed by atoms with van der Waals surface area (Å²) in [5.41, 5.74) is -0.119. The maximum atomic E-state index is 8.72. The van der Waals surface area contributed by atoms with Crippen molar-refractivity contribution < 1.29 is 18.7 Å². The van der Waals surface area contributed by atoms with Crippen molar-refractivity contribution in [2.24, 2.45) is 5.92 Å². The van der Waals surface area contributed by atoms with Crippen LogP contribution in [0, 0.1) is 5.92 Å². The van der Waals surface area contributed by atoms with Crippen LogP contribution in [-0.2, 0) is 13.6 Å². The minimum absolute atomic E-state index is 0.0677. The normalized spacial score (nSPS) is 15.9. The van der Waals surface area contributed by atoms with E-state index in [1.165, 1.54) is 6.04 Å². The first-order valence-corrected chi connectivity index (χ1v) is 15.5. The van der Waals surface area contributed by atoms with E-state index in [1.54, 1.807) is 0 Å². The van der Waals surface area contributed by atoms with Crippen LogP contribution in [-0.4, -0.2) is 53.8 Å². The quantitative estimate of drug-likeness (QED) is 0.392. The van der Waals surface area contributed by atoms with Gasteiger partial charge in [-0.25, -0.2) is 0 Å². The van der Waals surface area contributed by atoms with E-state index >= 15 is 0 Å². The van der Waals surface area contributed by atoms with E-state index in [0.29, 0.717) is 25.7 Å². The molecule has 0 aliphatic carbocycles. The maximum Gasteiger partial charge on any atom is 0.173 e. The lowest BCUT2D eigenvalue weighted by molar-refractivity contribution is -0.0898. The van der Waals surface area contributed by atoms with Crippen molar-refractivity contribution in [1.82, 2.24) is 0 Å². The van der Waals surface area contributed by atoms with E-state index in [9.17, 15) is 0 Å². The van der Waals surface area contributed by atoms with E-state index in [0.717, 1.165) is 12.8 Å². The zero-order chi connectivity index (χ0) is 18.1. The van der Waals surface area contributed by atoms with Gasteiger partial charge in [0.15, 0.2) is 16.6 Å². The zero-order valence-corrected chi connectivity index (χ0v) is 18.7. The second-order valence-corrected chi connectivity index (χ2v) is 17.5. The molecule has 0 aliphatic heterocycles. The number of hydrogen-bond donors (Lipinski definition) is 1. The Morgan fingerprint density at radius 3 is 2.09 bits per heavy atom. The van der Waals surface area contributed by atoms with Crippen molar-refractivity contribution in [1.29, 1.82) is 0 Å². The van der Waals surface area contributed by atoms with Gasteiger partial charge in [0.2, 0.25) is 0 Å². The Morgan fingerprint density at radius 2 is 1.61 bits per heavy atom. The molecule has 0 spiro atoms. The van der Waals surface area contributed by atoms with Gasteiger partial charge in [-0.05, 0) is 58.0 Å². The molecule has 0 aromatic carbocycles. The molecule has 0 heterocycles. The molecule has 1 unspecified atom stereocenters. The summed E-state index contributed by atoms with van der Waals surface area (Å²) in [6, 6.07) is 1.18. The highest BCUT2D eigenvalue weighted by Gasteiger charge is 2.32. The summed E-state index contributed by atoms with van der Waals surface area (Å²) in [6.45, 7) is 19.7. The van der Waals surface area contributed by atoms with Crippen molar-refractivity contribution in [2.75, 3.05) is 26.4 Å². The Bertz CT molecular complexity index is 316. The van der Waals surface area contributed by atoms with Gasteiger partial charge in [0, 0.05) is 0 Å². The highest BCUT2D eigenvalue weighted by molar-refractivity contribution is 6.84. The first-order chi connectivity index (χ1) is 10.4. The van der Waals surface area contributed by atoms with Gasteiger partial charge >= 0.3 is 0 Å². The summed E-state index contributed by atoms with van der Waals surface area (Å²) in [4.78, 5) is 0. The first-order valence-electron chi connectivity index (χ1n) is 8.95. The highest BCUT2D eigenvalue weighted by atomic mass is 28.4. The average molecular weight is 365 g/mol. The number of aliphatic hydroxyl groups is 1. The smallest absolute Gasteiger partial charge is 0.173 e. The van der Waals surface area contributed by atoms with Gasteiger partial charge in [-0.15, -0.1) is 0 Å². The van der Waals surface area contributed by atoms with Crippen molar-refractivity contribution in [2.45, 2.75) is 78.0 Å². The minimum Gasteiger partial charge on any atom is -0.456 e. The monoisotopic (exact) mass is 364 g/mol. The summed E-state index contributed by atoms with van der Waals surface area (Å²) < 4.78 is 17.8. The fourth-order valence-corrected chi connectivity index (χ4v) is 10.8. The number of rotatable bonds is 13. The molecule has 1 N–H and O–H groups in total. The van der Waals surface area contributed by atoms with Crippen LogP contribution in [0.2, 0.25) is 38.8 Å². The van der Waals surface area contributed by atoms with Crippen molar-refractivity contribution in [3.63, 3.8) is 0 Å². The van der Waals surface area contributed by atoms with Gasteiger partial charge in [0.1, 0.15) is 0 Å². The Kier molecular flexibility index (Phi) is 10.4. The largest absolute Gasteiger partial charge is 0.456 e. The highest BCUT2D eigenvalue weighted by Crippen LogP contribution is 2.30. The first kappa shape index (κ1) is 23.3. The van der Waals surface area contributed by atoms with Gasteiger partial charge in [-0.1, -0.05) is 20.3 Å². The number of aliphatic hydroxyl groups excluding tert-OH is 1. The summed E-state index contributed by atoms with van der Waals surface area (Å²) in [5.74, 6) is 0.461. The average Bonchev–Trinajstić information content (AvgIpc) is 2.35. The lowest BCUT2D eigenvalue weighted by Gasteiger charge is -2.36. The van der Waals surface area contributed by atoms with Crippen molar-refractivity contribution in [3.05, 3.63) is 0 Å². The topological polar surface area (TPSA) is 47.9 Å². The molecule has 1 atom stereocenters. The van der Waals surface area contributed by atoms with Crippen LogP contribution in [0.25, 0.3) is 0 Å². The SMILES string of the molecule is CC(C)C(C)(CCC[Si](C)(C)O[Si](C)(C)C)OCCOCCO. The van der Waals surface area contributed by atoms with Crippen LogP contribution in [0.1, 0.15) is 33.6 Å². The predicted molar refractivity (Wildman–Crippen MR) is 103 cm³/mol. The molecule has 0 aromatic heterocycles. The van der Waals surface area contributed by atoms with Crippen LogP contribution < -0.4 is 0 Å². The zero-order valence-electron chi connectivity index (χ0n) is 16.7. The van der Waals surface area contributed by atoms with Crippen LogP contribution in [0.5, 0.6) is 0 Å². The summed E-state index contributed by atoms with van der Waals surface area (Å²) in [7, 11) is -3.02. The number of hydrogen-bond acceptors (Lipinski definition) is 4. The standard InChI is InChI=1S/C17H40O4Si2/c1-16(2)17(3,20-14-13-19-12-11-18)10-9-15-23(7,8)21-22(4,5)6/h16,18H,9-15H2,1-8H3. The predicted octanol–water partition coefficient (Wildman–Crippen LogP) is 4.26. The Balaban J connectivity index is 4.31. The molecular formula is C17H40O4Si2. The lowest BCUT2D eigenvalue weighted by Crippen LogP contribution is -2.43. The van der Waals surface area contributed by atoms with E-state index < -0.39 is 16.6 Å². The molecule has 0 bridgehead atoms. The Morgan fingerprint density at radius 1 is 1.00 bits per heavy atom. The molecule has 0 aliphatic rings. The minimum atomic E-state index is -1.57. The van der Waals surface area contributed by atoms with Gasteiger partial charge in [-0.3, -0.25) is 0 Å². The van der Waals surface area contributed by atoms with Crippen LogP contribution >= 0.6 is 0 Å². The third kappa shape index (κ3) is 11.5. The number of ether oxygens (including phenoxy) is 2. The molecule has 0 radical (unpaired) electrons. The van der Waals surface area contributed by atoms with E-state index in [4.69, 9.17) is 18.7 Å². The molecule has 0 saturated heterocycles. The maximum absolute atomic E-state index is 8.72. The molecular weight excluding hydrogens is 324 g/mol. The molecule has 23 heavy (non-hydrogen) atoms. The van der Waals surface area contributed by atoms with Gasteiger partial charge < -0.3 is 18.7 Å². The van der Waals surface area contributed by atoms with Gasteiger partial charge in [0.05, 0.1) is 32.0 Å². The molecule has 0 rings (SSSR count). The summed E-state index contributed by atoms with van der Waals surface area (Å²) in [5, 5.41) is 8.72. The second-order valence-electron chi connectivity index (χ2n) is 8.48. The van der Waals surface area contributed by atoms with Gasteiger partial charge in [-0.2, -0.15) is 0 Å². The molecule has 0 fully saturated rings. The Labute approximate surface area is 146 Å². The third-order valence-electron chi connectivity index (χ3n) is 4.15. The molecule has 0 saturated carbocycles. The molecule has 0 amide bonds. The summed E-state index contributed by atoms with van der Waals surface area (Å²) >= 11 is 0. The fraction of sp³-hybridized carbons (Fsp3) is 1.00. The van der Waals surface area contributed by atoms with Crippen LogP contribution in [0.15, 0.2) is 0 Å². The van der Waals surface area contributed by atoms with Gasteiger partial charge in [0.25, 0.3) is 0 Å². The summed E-state index contributed by atoms with van der Waals surface area (Å²) in [6.07, 6.45) is 2.20. The van der Waals surface area contributed by atoms with E-state index in [2.05, 4.69) is 53.5 Å². The fourth-order valence-electron chi connectivity index (χ4n) is 2.77. The van der Waals surface area contributed by atoms with Crippen molar-refractivity contribution in [3.8, 4) is 0 Å².